The molecule has 0 aliphatic heterocycles. The molecule has 0 aromatic carbocycles. The van der Waals surface area contributed by atoms with Crippen LogP contribution in [0.2, 0.25) is 0 Å². The van der Waals surface area contributed by atoms with Crippen LogP contribution in [0.5, 0.6) is 0 Å². The number of hydrogen-bond donors (Lipinski definition) is 1. The Labute approximate surface area is 105 Å². The smallest absolute Gasteiger partial charge is 0.0535 e. The number of nitrogens with two attached hydrogens (primary N) is 1. The van der Waals surface area contributed by atoms with Gasteiger partial charge < -0.3 is 5.73 Å². The van der Waals surface area contributed by atoms with E-state index < -0.39 is 0 Å². The minimum atomic E-state index is 0.630. The Bertz CT molecular complexity index is 363. The molecule has 1 saturated carbocycles. The zero-order chi connectivity index (χ0) is 12.4. The third-order valence-electron chi connectivity index (χ3n) is 4.57. The minimum absolute atomic E-state index is 0.630. The second-order valence-electron chi connectivity index (χ2n) is 5.70. The van der Waals surface area contributed by atoms with Crippen molar-refractivity contribution in [2.24, 2.45) is 17.8 Å². The lowest BCUT2D eigenvalue weighted by molar-refractivity contribution is 0.154. The summed E-state index contributed by atoms with van der Waals surface area (Å²) in [7, 11) is 0. The van der Waals surface area contributed by atoms with Crippen molar-refractivity contribution in [1.82, 2.24) is 4.98 Å². The molecule has 1 heterocycles. The van der Waals surface area contributed by atoms with Crippen LogP contribution in [0.4, 0.5) is 5.69 Å². The molecule has 2 nitrogen and oxygen atoms in total. The van der Waals surface area contributed by atoms with Crippen molar-refractivity contribution in [3.8, 4) is 0 Å². The lowest BCUT2D eigenvalue weighted by Crippen LogP contribution is -2.28. The maximum atomic E-state index is 6.05. The first kappa shape index (κ1) is 12.4. The van der Waals surface area contributed by atoms with Gasteiger partial charge in [-0.15, -0.1) is 0 Å². The molecular formula is C15H24N2. The van der Waals surface area contributed by atoms with Crippen LogP contribution in [0.1, 0.15) is 51.5 Å². The summed E-state index contributed by atoms with van der Waals surface area (Å²) in [5.74, 6) is 3.13. The molecular weight excluding hydrogens is 208 g/mol. The molecule has 17 heavy (non-hydrogen) atoms. The molecule has 0 spiro atoms. The van der Waals surface area contributed by atoms with E-state index in [1.54, 1.807) is 6.20 Å². The van der Waals surface area contributed by atoms with Crippen molar-refractivity contribution in [2.75, 3.05) is 5.73 Å². The summed E-state index contributed by atoms with van der Waals surface area (Å²) in [5.41, 5.74) is 8.23. The van der Waals surface area contributed by atoms with Gasteiger partial charge in [-0.1, -0.05) is 27.2 Å². The maximum absolute atomic E-state index is 6.05. The van der Waals surface area contributed by atoms with Gasteiger partial charge in [-0.25, -0.2) is 0 Å². The molecule has 2 rings (SSSR count). The van der Waals surface area contributed by atoms with Crippen molar-refractivity contribution in [3.63, 3.8) is 0 Å². The number of nitrogen functional groups attached to an aromatic ring is 1. The summed E-state index contributed by atoms with van der Waals surface area (Å²) in [4.78, 5) is 4.08. The molecule has 0 saturated heterocycles. The summed E-state index contributed by atoms with van der Waals surface area (Å²) < 4.78 is 0. The number of pyridine rings is 1. The van der Waals surface area contributed by atoms with E-state index in [9.17, 15) is 0 Å². The first-order chi connectivity index (χ1) is 8.13. The summed E-state index contributed by atoms with van der Waals surface area (Å²) in [6.45, 7) is 7.11. The zero-order valence-corrected chi connectivity index (χ0v) is 11.2. The molecule has 2 heteroatoms. The van der Waals surface area contributed by atoms with E-state index in [1.165, 1.54) is 24.8 Å². The number of aromatic nitrogens is 1. The van der Waals surface area contributed by atoms with Crippen LogP contribution in [0.3, 0.4) is 0 Å². The van der Waals surface area contributed by atoms with E-state index in [0.29, 0.717) is 5.92 Å². The highest BCUT2D eigenvalue weighted by Gasteiger charge is 2.33. The monoisotopic (exact) mass is 232 g/mol. The molecule has 1 aromatic rings. The quantitative estimate of drug-likeness (QED) is 0.841. The average molecular weight is 232 g/mol. The summed E-state index contributed by atoms with van der Waals surface area (Å²) in [5, 5.41) is 0. The first-order valence-corrected chi connectivity index (χ1v) is 6.82. The Kier molecular flexibility index (Phi) is 3.70. The SMILES string of the molecule is CCC1C(C)CC(c2ccncc2N)CC1C. The Hall–Kier alpha value is -1.05. The second-order valence-corrected chi connectivity index (χ2v) is 5.70. The molecule has 0 bridgehead atoms. The Balaban J connectivity index is 2.18. The van der Waals surface area contributed by atoms with Gasteiger partial charge in [0.05, 0.1) is 11.9 Å². The predicted molar refractivity (Wildman–Crippen MR) is 72.7 cm³/mol. The third kappa shape index (κ3) is 2.46. The van der Waals surface area contributed by atoms with Gasteiger partial charge in [-0.2, -0.15) is 0 Å². The van der Waals surface area contributed by atoms with Gasteiger partial charge in [0.25, 0.3) is 0 Å². The van der Waals surface area contributed by atoms with E-state index in [2.05, 4.69) is 31.8 Å². The molecule has 2 unspecified atom stereocenters. The lowest BCUT2D eigenvalue weighted by Gasteiger charge is -2.39. The van der Waals surface area contributed by atoms with E-state index in [4.69, 9.17) is 5.73 Å². The summed E-state index contributed by atoms with van der Waals surface area (Å²) >= 11 is 0. The van der Waals surface area contributed by atoms with E-state index >= 15 is 0 Å². The van der Waals surface area contributed by atoms with Gasteiger partial charge in [-0.05, 0) is 48.1 Å². The van der Waals surface area contributed by atoms with Crippen molar-refractivity contribution in [1.29, 1.82) is 0 Å². The summed E-state index contributed by atoms with van der Waals surface area (Å²) in [6.07, 6.45) is 7.51. The van der Waals surface area contributed by atoms with Gasteiger partial charge >= 0.3 is 0 Å². The molecule has 94 valence electrons. The van der Waals surface area contributed by atoms with Crippen LogP contribution in [-0.4, -0.2) is 4.98 Å². The van der Waals surface area contributed by atoms with Crippen molar-refractivity contribution >= 4 is 5.69 Å². The fourth-order valence-electron chi connectivity index (χ4n) is 3.75. The highest BCUT2D eigenvalue weighted by Crippen LogP contribution is 2.44. The standard InChI is InChI=1S/C15H24N2/c1-4-13-10(2)7-12(8-11(13)3)14-5-6-17-9-15(14)16/h5-6,9-13H,4,7-8,16H2,1-3H3. The minimum Gasteiger partial charge on any atom is -0.397 e. The molecule has 1 aliphatic carbocycles. The van der Waals surface area contributed by atoms with Crippen molar-refractivity contribution in [3.05, 3.63) is 24.0 Å². The van der Waals surface area contributed by atoms with Crippen LogP contribution in [0, 0.1) is 17.8 Å². The number of nitrogens with zero attached hydrogens (tertiary/aromatic N) is 1. The van der Waals surface area contributed by atoms with Gasteiger partial charge in [0.15, 0.2) is 0 Å². The molecule has 1 aromatic heterocycles. The Morgan fingerprint density at radius 2 is 1.94 bits per heavy atom. The van der Waals surface area contributed by atoms with E-state index in [1.807, 2.05) is 6.20 Å². The number of rotatable bonds is 2. The predicted octanol–water partition coefficient (Wildman–Crippen LogP) is 3.84. The highest BCUT2D eigenvalue weighted by molar-refractivity contribution is 5.46. The maximum Gasteiger partial charge on any atom is 0.0535 e. The molecule has 2 N–H and O–H groups in total. The van der Waals surface area contributed by atoms with Gasteiger partial charge in [0, 0.05) is 6.20 Å². The molecule has 0 radical (unpaired) electrons. The van der Waals surface area contributed by atoms with Crippen molar-refractivity contribution < 1.29 is 0 Å². The number of anilines is 1. The van der Waals surface area contributed by atoms with Crippen LogP contribution >= 0.6 is 0 Å². The fourth-order valence-corrected chi connectivity index (χ4v) is 3.75. The molecule has 0 amide bonds. The highest BCUT2D eigenvalue weighted by atomic mass is 14.7. The second kappa shape index (κ2) is 5.07. The lowest BCUT2D eigenvalue weighted by atomic mass is 9.66. The third-order valence-corrected chi connectivity index (χ3v) is 4.57. The Morgan fingerprint density at radius 1 is 1.29 bits per heavy atom. The number of hydrogen-bond acceptors (Lipinski definition) is 2. The fraction of sp³-hybridized carbons (Fsp3) is 0.667. The van der Waals surface area contributed by atoms with Crippen LogP contribution in [0.15, 0.2) is 18.5 Å². The Morgan fingerprint density at radius 3 is 2.47 bits per heavy atom. The van der Waals surface area contributed by atoms with Crippen LogP contribution < -0.4 is 5.73 Å². The summed E-state index contributed by atoms with van der Waals surface area (Å²) in [6, 6.07) is 2.10. The first-order valence-electron chi connectivity index (χ1n) is 6.82. The molecule has 1 fully saturated rings. The van der Waals surface area contributed by atoms with E-state index in [-0.39, 0.29) is 0 Å². The van der Waals surface area contributed by atoms with Crippen LogP contribution in [0.25, 0.3) is 0 Å². The normalized spacial score (nSPS) is 33.6. The zero-order valence-electron chi connectivity index (χ0n) is 11.2. The molecule has 2 atom stereocenters. The largest absolute Gasteiger partial charge is 0.397 e. The van der Waals surface area contributed by atoms with Gasteiger partial charge in [0.2, 0.25) is 0 Å². The van der Waals surface area contributed by atoms with E-state index in [0.717, 1.165) is 23.4 Å². The average Bonchev–Trinajstić information content (AvgIpc) is 2.29. The van der Waals surface area contributed by atoms with Crippen molar-refractivity contribution in [2.45, 2.75) is 46.0 Å². The topological polar surface area (TPSA) is 38.9 Å². The van der Waals surface area contributed by atoms with Gasteiger partial charge in [-0.3, -0.25) is 4.98 Å². The van der Waals surface area contributed by atoms with Crippen LogP contribution in [-0.2, 0) is 0 Å². The molecule has 1 aliphatic rings. The van der Waals surface area contributed by atoms with Gasteiger partial charge in [0.1, 0.15) is 0 Å².